The summed E-state index contributed by atoms with van der Waals surface area (Å²) >= 11 is 0. The number of aryl methyl sites for hydroxylation is 1. The van der Waals surface area contributed by atoms with Crippen molar-refractivity contribution >= 4 is 17.5 Å². The topological polar surface area (TPSA) is 12.0 Å². The fraction of sp³-hybridized carbons (Fsp3) is 0.143. The molecule has 1 heteroatoms. The zero-order valence-electron chi connectivity index (χ0n) is 13.2. The predicted octanol–water partition coefficient (Wildman–Crippen LogP) is 5.92. The summed E-state index contributed by atoms with van der Waals surface area (Å²) in [7, 11) is 0. The van der Waals surface area contributed by atoms with E-state index in [2.05, 4.69) is 62.3 Å². The number of anilines is 1. The normalized spacial score (nSPS) is 10.0. The SMILES string of the molecule is C=Cc1ccccc1C(=C)Nc1cccc(CCC(=C)C)c1. The molecule has 0 saturated carbocycles. The molecule has 0 atom stereocenters. The van der Waals surface area contributed by atoms with Gasteiger partial charge in [-0.2, -0.15) is 0 Å². The highest BCUT2D eigenvalue weighted by Gasteiger charge is 2.04. The Hall–Kier alpha value is -2.54. The summed E-state index contributed by atoms with van der Waals surface area (Å²) in [4.78, 5) is 0. The van der Waals surface area contributed by atoms with Crippen molar-refractivity contribution in [3.63, 3.8) is 0 Å². The van der Waals surface area contributed by atoms with Crippen molar-refractivity contribution in [1.29, 1.82) is 0 Å². The van der Waals surface area contributed by atoms with E-state index in [0.29, 0.717) is 0 Å². The van der Waals surface area contributed by atoms with Crippen LogP contribution in [-0.2, 0) is 6.42 Å². The Morgan fingerprint density at radius 3 is 2.59 bits per heavy atom. The molecule has 2 aromatic carbocycles. The van der Waals surface area contributed by atoms with Gasteiger partial charge in [-0.15, -0.1) is 6.58 Å². The number of nitrogens with one attached hydrogen (secondary N) is 1. The van der Waals surface area contributed by atoms with E-state index in [1.165, 1.54) is 11.1 Å². The van der Waals surface area contributed by atoms with Gasteiger partial charge in [0.05, 0.1) is 0 Å². The van der Waals surface area contributed by atoms with Crippen LogP contribution in [0.3, 0.4) is 0 Å². The van der Waals surface area contributed by atoms with Gasteiger partial charge in [0.2, 0.25) is 0 Å². The Kier molecular flexibility index (Phi) is 5.37. The van der Waals surface area contributed by atoms with Gasteiger partial charge in [-0.3, -0.25) is 0 Å². The molecule has 0 bridgehead atoms. The van der Waals surface area contributed by atoms with E-state index in [0.717, 1.165) is 35.4 Å². The van der Waals surface area contributed by atoms with Crippen LogP contribution in [0.4, 0.5) is 5.69 Å². The van der Waals surface area contributed by atoms with Crippen molar-refractivity contribution in [2.24, 2.45) is 0 Å². The lowest BCUT2D eigenvalue weighted by Crippen LogP contribution is -2.00. The van der Waals surface area contributed by atoms with Gasteiger partial charge in [0.1, 0.15) is 0 Å². The minimum atomic E-state index is 0.882. The molecule has 0 aliphatic carbocycles. The molecule has 0 heterocycles. The summed E-state index contributed by atoms with van der Waals surface area (Å²) < 4.78 is 0. The first-order chi connectivity index (χ1) is 10.6. The molecule has 0 spiro atoms. The Morgan fingerprint density at radius 2 is 1.86 bits per heavy atom. The second kappa shape index (κ2) is 7.46. The highest BCUT2D eigenvalue weighted by Crippen LogP contribution is 2.22. The third-order valence-corrected chi connectivity index (χ3v) is 3.57. The molecule has 0 aromatic heterocycles. The third kappa shape index (κ3) is 4.23. The van der Waals surface area contributed by atoms with Gasteiger partial charge in [0.15, 0.2) is 0 Å². The van der Waals surface area contributed by atoms with Crippen LogP contribution in [0.15, 0.2) is 73.8 Å². The summed E-state index contributed by atoms with van der Waals surface area (Å²) in [5.41, 5.74) is 6.61. The molecule has 0 radical (unpaired) electrons. The van der Waals surface area contributed by atoms with Crippen LogP contribution in [0, 0.1) is 0 Å². The molecule has 1 N–H and O–H groups in total. The first-order valence-electron chi connectivity index (χ1n) is 7.51. The van der Waals surface area contributed by atoms with E-state index in [1.807, 2.05) is 24.3 Å². The van der Waals surface area contributed by atoms with E-state index >= 15 is 0 Å². The molecule has 2 rings (SSSR count). The van der Waals surface area contributed by atoms with Crippen LogP contribution in [0.1, 0.15) is 30.0 Å². The van der Waals surface area contributed by atoms with Crippen LogP contribution in [0.2, 0.25) is 0 Å². The van der Waals surface area contributed by atoms with Crippen molar-refractivity contribution in [3.05, 3.63) is 90.5 Å². The molecule has 2 aromatic rings. The fourth-order valence-electron chi connectivity index (χ4n) is 2.35. The highest BCUT2D eigenvalue weighted by atomic mass is 14.9. The predicted molar refractivity (Wildman–Crippen MR) is 98.8 cm³/mol. The van der Waals surface area contributed by atoms with Crippen LogP contribution in [0.25, 0.3) is 11.8 Å². The monoisotopic (exact) mass is 289 g/mol. The van der Waals surface area contributed by atoms with Gasteiger partial charge in [-0.25, -0.2) is 0 Å². The largest absolute Gasteiger partial charge is 0.355 e. The lowest BCUT2D eigenvalue weighted by Gasteiger charge is -2.13. The highest BCUT2D eigenvalue weighted by molar-refractivity contribution is 5.80. The molecular formula is C21H23N. The minimum absolute atomic E-state index is 0.882. The van der Waals surface area contributed by atoms with Gasteiger partial charge in [-0.1, -0.05) is 61.2 Å². The zero-order valence-corrected chi connectivity index (χ0v) is 13.2. The van der Waals surface area contributed by atoms with Gasteiger partial charge in [-0.05, 0) is 43.0 Å². The summed E-state index contributed by atoms with van der Waals surface area (Å²) in [6, 6.07) is 16.6. The van der Waals surface area contributed by atoms with Gasteiger partial charge in [0.25, 0.3) is 0 Å². The van der Waals surface area contributed by atoms with E-state index < -0.39 is 0 Å². The summed E-state index contributed by atoms with van der Waals surface area (Å²) in [6.45, 7) is 14.0. The maximum Gasteiger partial charge on any atom is 0.0390 e. The number of allylic oxidation sites excluding steroid dienone is 1. The standard InChI is InChI=1S/C21H23N/c1-5-19-10-6-7-12-21(19)17(4)22-20-11-8-9-18(15-20)14-13-16(2)3/h5-12,15,22H,1-2,4,13-14H2,3H3. The molecule has 0 aliphatic rings. The van der Waals surface area contributed by atoms with Crippen molar-refractivity contribution in [2.45, 2.75) is 19.8 Å². The fourth-order valence-corrected chi connectivity index (χ4v) is 2.35. The molecule has 0 unspecified atom stereocenters. The van der Waals surface area contributed by atoms with Crippen molar-refractivity contribution in [1.82, 2.24) is 0 Å². The van der Waals surface area contributed by atoms with Gasteiger partial charge >= 0.3 is 0 Å². The van der Waals surface area contributed by atoms with E-state index in [-0.39, 0.29) is 0 Å². The molecule has 0 fully saturated rings. The first kappa shape index (κ1) is 15.8. The molecule has 1 nitrogen and oxygen atoms in total. The average molecular weight is 289 g/mol. The van der Waals surface area contributed by atoms with E-state index in [4.69, 9.17) is 0 Å². The number of hydrogen-bond donors (Lipinski definition) is 1. The number of hydrogen-bond acceptors (Lipinski definition) is 1. The van der Waals surface area contributed by atoms with E-state index in [9.17, 15) is 0 Å². The van der Waals surface area contributed by atoms with Crippen molar-refractivity contribution in [3.8, 4) is 0 Å². The maximum absolute atomic E-state index is 4.16. The Labute approximate surface area is 133 Å². The summed E-state index contributed by atoms with van der Waals surface area (Å²) in [6.07, 6.45) is 3.88. The van der Waals surface area contributed by atoms with Crippen LogP contribution in [0.5, 0.6) is 0 Å². The Bertz CT molecular complexity index is 695. The molecule has 22 heavy (non-hydrogen) atoms. The zero-order chi connectivity index (χ0) is 15.9. The lowest BCUT2D eigenvalue weighted by atomic mass is 10.0. The lowest BCUT2D eigenvalue weighted by molar-refractivity contribution is 0.946. The smallest absolute Gasteiger partial charge is 0.0390 e. The van der Waals surface area contributed by atoms with Crippen molar-refractivity contribution < 1.29 is 0 Å². The Balaban J connectivity index is 2.13. The average Bonchev–Trinajstić information content (AvgIpc) is 2.53. The molecule has 112 valence electrons. The van der Waals surface area contributed by atoms with Gasteiger partial charge < -0.3 is 5.32 Å². The van der Waals surface area contributed by atoms with Crippen molar-refractivity contribution in [2.75, 3.05) is 5.32 Å². The number of benzene rings is 2. The van der Waals surface area contributed by atoms with Gasteiger partial charge in [0, 0.05) is 16.9 Å². The summed E-state index contributed by atoms with van der Waals surface area (Å²) in [5, 5.41) is 3.40. The van der Waals surface area contributed by atoms with Crippen LogP contribution in [-0.4, -0.2) is 0 Å². The molecule has 0 saturated heterocycles. The minimum Gasteiger partial charge on any atom is -0.355 e. The van der Waals surface area contributed by atoms with Crippen LogP contribution < -0.4 is 5.32 Å². The molecule has 0 aliphatic heterocycles. The third-order valence-electron chi connectivity index (χ3n) is 3.57. The van der Waals surface area contributed by atoms with Crippen LogP contribution >= 0.6 is 0 Å². The van der Waals surface area contributed by atoms with E-state index in [1.54, 1.807) is 0 Å². The second-order valence-electron chi connectivity index (χ2n) is 5.55. The molecule has 0 amide bonds. The number of rotatable bonds is 7. The summed E-state index contributed by atoms with van der Waals surface area (Å²) in [5.74, 6) is 0. The quantitative estimate of drug-likeness (QED) is 0.624. The maximum atomic E-state index is 4.16. The second-order valence-corrected chi connectivity index (χ2v) is 5.55. The molecular weight excluding hydrogens is 266 g/mol. The Morgan fingerprint density at radius 1 is 1.09 bits per heavy atom. The first-order valence-corrected chi connectivity index (χ1v) is 7.51.